The molecule has 1 aliphatic rings. The largest absolute Gasteiger partial charge is 0.312 e. The molecule has 112 valence electrons. The number of hydrogen-bond donors (Lipinski definition) is 1. The van der Waals surface area contributed by atoms with Crippen molar-refractivity contribution in [2.24, 2.45) is 5.41 Å². The van der Waals surface area contributed by atoms with E-state index < -0.39 is 0 Å². The van der Waals surface area contributed by atoms with Crippen LogP contribution in [0.2, 0.25) is 5.02 Å². The predicted molar refractivity (Wildman–Crippen MR) is 82.5 cm³/mol. The normalized spacial score (nSPS) is 21.8. The van der Waals surface area contributed by atoms with Crippen molar-refractivity contribution in [3.63, 3.8) is 0 Å². The van der Waals surface area contributed by atoms with E-state index >= 15 is 0 Å². The van der Waals surface area contributed by atoms with Crippen LogP contribution >= 0.6 is 11.6 Å². The Balaban J connectivity index is 2.05. The minimum atomic E-state index is -0.329. The second-order valence-corrected chi connectivity index (χ2v) is 7.12. The summed E-state index contributed by atoms with van der Waals surface area (Å²) in [6.45, 7) is 10.6. The summed E-state index contributed by atoms with van der Waals surface area (Å²) in [7, 11) is 0. The average Bonchev–Trinajstić information content (AvgIpc) is 2.59. The van der Waals surface area contributed by atoms with Crippen LogP contribution in [0.4, 0.5) is 4.39 Å². The Morgan fingerprint density at radius 3 is 2.80 bits per heavy atom. The molecule has 1 saturated heterocycles. The number of nitrogens with one attached hydrogen (secondary N) is 1. The SMILES string of the molecule is CC(C)(C)C1CN(Cc2ccc(Cl)c(F)c2)CCCN1. The Bertz CT molecular complexity index is 456. The maximum atomic E-state index is 13.5. The van der Waals surface area contributed by atoms with Crippen molar-refractivity contribution in [3.05, 3.63) is 34.6 Å². The van der Waals surface area contributed by atoms with E-state index in [4.69, 9.17) is 11.6 Å². The summed E-state index contributed by atoms with van der Waals surface area (Å²) in [5.41, 5.74) is 1.22. The van der Waals surface area contributed by atoms with Crippen LogP contribution in [-0.4, -0.2) is 30.6 Å². The van der Waals surface area contributed by atoms with E-state index in [2.05, 4.69) is 31.0 Å². The van der Waals surface area contributed by atoms with E-state index in [0.717, 1.165) is 38.2 Å². The molecule has 1 aliphatic heterocycles. The predicted octanol–water partition coefficient (Wildman–Crippen LogP) is 3.69. The van der Waals surface area contributed by atoms with Gasteiger partial charge in [0.1, 0.15) is 5.82 Å². The third-order valence-corrected chi connectivity index (χ3v) is 4.22. The Labute approximate surface area is 126 Å². The maximum absolute atomic E-state index is 13.5. The molecule has 2 rings (SSSR count). The quantitative estimate of drug-likeness (QED) is 0.896. The Morgan fingerprint density at radius 2 is 2.15 bits per heavy atom. The fraction of sp³-hybridized carbons (Fsp3) is 0.625. The van der Waals surface area contributed by atoms with Gasteiger partial charge < -0.3 is 5.32 Å². The molecule has 0 amide bonds. The van der Waals surface area contributed by atoms with E-state index in [-0.39, 0.29) is 16.3 Å². The highest BCUT2D eigenvalue weighted by molar-refractivity contribution is 6.30. The first kappa shape index (κ1) is 15.7. The van der Waals surface area contributed by atoms with Gasteiger partial charge >= 0.3 is 0 Å². The summed E-state index contributed by atoms with van der Waals surface area (Å²) in [4.78, 5) is 2.40. The molecule has 1 fully saturated rings. The summed E-state index contributed by atoms with van der Waals surface area (Å²) >= 11 is 5.73. The molecule has 0 saturated carbocycles. The fourth-order valence-electron chi connectivity index (χ4n) is 2.61. The van der Waals surface area contributed by atoms with Gasteiger partial charge in [0, 0.05) is 19.1 Å². The van der Waals surface area contributed by atoms with Crippen LogP contribution < -0.4 is 5.32 Å². The Morgan fingerprint density at radius 1 is 1.40 bits per heavy atom. The van der Waals surface area contributed by atoms with Gasteiger partial charge in [-0.2, -0.15) is 0 Å². The van der Waals surface area contributed by atoms with Crippen molar-refractivity contribution in [2.75, 3.05) is 19.6 Å². The van der Waals surface area contributed by atoms with Gasteiger partial charge in [-0.3, -0.25) is 4.90 Å². The standard InChI is InChI=1S/C16H24ClFN2/c1-16(2,3)15-11-20(8-4-7-19-15)10-12-5-6-13(17)14(18)9-12/h5-6,9,15,19H,4,7-8,10-11H2,1-3H3. The zero-order valence-corrected chi connectivity index (χ0v) is 13.3. The second-order valence-electron chi connectivity index (χ2n) is 6.71. The topological polar surface area (TPSA) is 15.3 Å². The molecule has 1 aromatic rings. The molecule has 1 aromatic carbocycles. The molecule has 0 aromatic heterocycles. The van der Waals surface area contributed by atoms with Crippen molar-refractivity contribution in [1.82, 2.24) is 10.2 Å². The third kappa shape index (κ3) is 4.18. The highest BCUT2D eigenvalue weighted by Gasteiger charge is 2.27. The molecule has 0 aliphatic carbocycles. The van der Waals surface area contributed by atoms with Crippen LogP contribution in [0.25, 0.3) is 0 Å². The molecule has 4 heteroatoms. The molecule has 20 heavy (non-hydrogen) atoms. The van der Waals surface area contributed by atoms with E-state index in [0.29, 0.717) is 6.04 Å². The van der Waals surface area contributed by atoms with E-state index in [9.17, 15) is 4.39 Å². The lowest BCUT2D eigenvalue weighted by Crippen LogP contribution is -2.46. The van der Waals surface area contributed by atoms with Gasteiger partial charge in [0.05, 0.1) is 5.02 Å². The zero-order valence-electron chi connectivity index (χ0n) is 12.5. The molecule has 0 spiro atoms. The van der Waals surface area contributed by atoms with Crippen LogP contribution in [0.5, 0.6) is 0 Å². The first-order chi connectivity index (χ1) is 9.36. The summed E-state index contributed by atoms with van der Waals surface area (Å²) in [6.07, 6.45) is 1.13. The first-order valence-corrected chi connectivity index (χ1v) is 7.64. The minimum Gasteiger partial charge on any atom is -0.312 e. The average molecular weight is 299 g/mol. The van der Waals surface area contributed by atoms with Gasteiger partial charge in [-0.15, -0.1) is 0 Å². The molecular weight excluding hydrogens is 275 g/mol. The Kier molecular flexibility index (Phi) is 5.05. The highest BCUT2D eigenvalue weighted by atomic mass is 35.5. The van der Waals surface area contributed by atoms with Gasteiger partial charge in [-0.05, 0) is 42.6 Å². The number of nitrogens with zero attached hydrogens (tertiary/aromatic N) is 1. The third-order valence-electron chi connectivity index (χ3n) is 3.92. The van der Waals surface area contributed by atoms with Crippen LogP contribution in [0.1, 0.15) is 32.8 Å². The van der Waals surface area contributed by atoms with Crippen molar-refractivity contribution in [3.8, 4) is 0 Å². The Hall–Kier alpha value is -0.640. The van der Waals surface area contributed by atoms with Crippen molar-refractivity contribution < 1.29 is 4.39 Å². The molecule has 2 nitrogen and oxygen atoms in total. The second kappa shape index (κ2) is 6.42. The maximum Gasteiger partial charge on any atom is 0.142 e. The summed E-state index contributed by atoms with van der Waals surface area (Å²) in [6, 6.07) is 5.56. The lowest BCUT2D eigenvalue weighted by atomic mass is 9.86. The number of rotatable bonds is 2. The summed E-state index contributed by atoms with van der Waals surface area (Å²) in [5, 5.41) is 3.81. The van der Waals surface area contributed by atoms with Crippen molar-refractivity contribution >= 4 is 11.6 Å². The molecule has 0 bridgehead atoms. The molecule has 1 atom stereocenters. The number of hydrogen-bond acceptors (Lipinski definition) is 2. The van der Waals surface area contributed by atoms with E-state index in [1.807, 2.05) is 6.07 Å². The molecule has 1 heterocycles. The molecular formula is C16H24ClFN2. The van der Waals surface area contributed by atoms with Crippen LogP contribution in [-0.2, 0) is 6.54 Å². The van der Waals surface area contributed by atoms with E-state index in [1.165, 1.54) is 0 Å². The monoisotopic (exact) mass is 298 g/mol. The summed E-state index contributed by atoms with van der Waals surface area (Å²) in [5.74, 6) is -0.329. The van der Waals surface area contributed by atoms with Crippen molar-refractivity contribution in [2.45, 2.75) is 39.8 Å². The van der Waals surface area contributed by atoms with Crippen LogP contribution in [0.3, 0.4) is 0 Å². The van der Waals surface area contributed by atoms with Gasteiger partial charge in [0.15, 0.2) is 0 Å². The highest BCUT2D eigenvalue weighted by Crippen LogP contribution is 2.23. The molecule has 1 N–H and O–H groups in total. The molecule has 0 radical (unpaired) electrons. The fourth-order valence-corrected chi connectivity index (χ4v) is 2.73. The van der Waals surface area contributed by atoms with Crippen LogP contribution in [0, 0.1) is 11.2 Å². The van der Waals surface area contributed by atoms with Crippen LogP contribution in [0.15, 0.2) is 18.2 Å². The van der Waals surface area contributed by atoms with Gasteiger partial charge in [0.25, 0.3) is 0 Å². The van der Waals surface area contributed by atoms with E-state index in [1.54, 1.807) is 12.1 Å². The number of benzene rings is 1. The minimum absolute atomic E-state index is 0.193. The molecule has 1 unspecified atom stereocenters. The first-order valence-electron chi connectivity index (χ1n) is 7.26. The summed E-state index contributed by atoms with van der Waals surface area (Å²) < 4.78 is 13.5. The van der Waals surface area contributed by atoms with Gasteiger partial charge in [-0.25, -0.2) is 4.39 Å². The number of halogens is 2. The lowest BCUT2D eigenvalue weighted by Gasteiger charge is -2.33. The van der Waals surface area contributed by atoms with Gasteiger partial charge in [-0.1, -0.05) is 38.4 Å². The van der Waals surface area contributed by atoms with Crippen molar-refractivity contribution in [1.29, 1.82) is 0 Å². The zero-order chi connectivity index (χ0) is 14.8. The smallest absolute Gasteiger partial charge is 0.142 e. The lowest BCUT2D eigenvalue weighted by molar-refractivity contribution is 0.192. The van der Waals surface area contributed by atoms with Gasteiger partial charge in [0.2, 0.25) is 0 Å².